The Hall–Kier alpha value is -8.42. The number of rotatable bonds is 15. The molecule has 2 aromatic heterocycles. The summed E-state index contributed by atoms with van der Waals surface area (Å²) in [4.78, 5) is 33.3. The van der Waals surface area contributed by atoms with E-state index in [0.29, 0.717) is 50.1 Å². The van der Waals surface area contributed by atoms with E-state index in [2.05, 4.69) is 69.4 Å². The zero-order valence-electron chi connectivity index (χ0n) is 39.9. The summed E-state index contributed by atoms with van der Waals surface area (Å²) in [5, 5.41) is 35.3. The van der Waals surface area contributed by atoms with Crippen molar-refractivity contribution >= 4 is 23.2 Å². The molecule has 0 aliphatic carbocycles. The molecule has 0 saturated heterocycles. The van der Waals surface area contributed by atoms with Crippen molar-refractivity contribution in [3.63, 3.8) is 0 Å². The Balaban J connectivity index is 0.888. The van der Waals surface area contributed by atoms with Gasteiger partial charge in [0.05, 0.1) is 35.7 Å². The molecule has 2 atom stereocenters. The van der Waals surface area contributed by atoms with Crippen molar-refractivity contribution in [3.8, 4) is 45.5 Å². The van der Waals surface area contributed by atoms with Gasteiger partial charge in [-0.15, -0.1) is 0 Å². The lowest BCUT2D eigenvalue weighted by atomic mass is 9.93. The van der Waals surface area contributed by atoms with E-state index in [1.807, 2.05) is 146 Å². The number of carbonyl (C=O) groups is 2. The van der Waals surface area contributed by atoms with Crippen LogP contribution >= 0.6 is 0 Å². The van der Waals surface area contributed by atoms with E-state index in [1.54, 1.807) is 9.36 Å². The van der Waals surface area contributed by atoms with Crippen LogP contribution < -0.4 is 20.4 Å². The number of carbonyl (C=O) groups excluding carboxylic acids is 2. The van der Waals surface area contributed by atoms with Gasteiger partial charge in [-0.1, -0.05) is 84.9 Å². The molecule has 352 valence electrons. The van der Waals surface area contributed by atoms with E-state index >= 15 is 0 Å². The van der Waals surface area contributed by atoms with E-state index in [4.69, 9.17) is 0 Å². The van der Waals surface area contributed by atoms with Crippen LogP contribution in [0.2, 0.25) is 0 Å². The second-order valence-corrected chi connectivity index (χ2v) is 18.4. The van der Waals surface area contributed by atoms with Crippen molar-refractivity contribution in [2.24, 2.45) is 14.1 Å². The average molecular weight is 935 g/mol. The average Bonchev–Trinajstić information content (AvgIpc) is 4.18. The summed E-state index contributed by atoms with van der Waals surface area (Å²) >= 11 is 0. The monoisotopic (exact) mass is 934 g/mol. The molecule has 0 fully saturated rings. The zero-order valence-corrected chi connectivity index (χ0v) is 39.9. The molecule has 0 radical (unpaired) electrons. The molecule has 2 aliphatic rings. The van der Waals surface area contributed by atoms with Crippen molar-refractivity contribution in [3.05, 3.63) is 203 Å². The van der Waals surface area contributed by atoms with Crippen molar-refractivity contribution in [2.45, 2.75) is 44.2 Å². The Morgan fingerprint density at radius 2 is 1.13 bits per heavy atom. The van der Waals surface area contributed by atoms with Gasteiger partial charge in [-0.25, -0.2) is 0 Å². The summed E-state index contributed by atoms with van der Waals surface area (Å²) in [6, 6.07) is 47.2. The molecule has 2 N–H and O–H groups in total. The van der Waals surface area contributed by atoms with Crippen LogP contribution in [0.25, 0.3) is 33.4 Å². The van der Waals surface area contributed by atoms with Crippen LogP contribution in [0.3, 0.4) is 0 Å². The van der Waals surface area contributed by atoms with Gasteiger partial charge in [0.25, 0.3) is 0 Å². The van der Waals surface area contributed by atoms with Crippen molar-refractivity contribution in [1.82, 2.24) is 30.2 Å². The Labute approximate surface area is 414 Å². The highest BCUT2D eigenvalue weighted by molar-refractivity contribution is 6.00. The highest BCUT2D eigenvalue weighted by Crippen LogP contribution is 2.36. The minimum absolute atomic E-state index is 0.00291. The molecule has 6 aromatic carbocycles. The van der Waals surface area contributed by atoms with Gasteiger partial charge in [0.15, 0.2) is 0 Å². The number of anilines is 2. The molecule has 0 spiro atoms. The third-order valence-corrected chi connectivity index (χ3v) is 13.8. The van der Waals surface area contributed by atoms with E-state index < -0.39 is 12.1 Å². The third-order valence-electron chi connectivity index (χ3n) is 13.8. The van der Waals surface area contributed by atoms with Gasteiger partial charge < -0.3 is 20.4 Å². The van der Waals surface area contributed by atoms with Crippen LogP contribution in [0.1, 0.15) is 63.0 Å². The van der Waals surface area contributed by atoms with E-state index in [9.17, 15) is 20.1 Å². The lowest BCUT2D eigenvalue weighted by Gasteiger charge is -2.33. The molecule has 12 nitrogen and oxygen atoms in total. The first-order chi connectivity index (χ1) is 34.7. The minimum Gasteiger partial charge on any atom is -0.310 e. The van der Waals surface area contributed by atoms with E-state index in [0.717, 1.165) is 97.4 Å². The van der Waals surface area contributed by atoms with Gasteiger partial charge in [-0.2, -0.15) is 20.7 Å². The fourth-order valence-electron chi connectivity index (χ4n) is 10.1. The molecular weight excluding hydrogens is 881 g/mol. The lowest BCUT2D eigenvalue weighted by molar-refractivity contribution is -0.121. The smallest absolute Gasteiger partial charge is 0.248 e. The molecule has 2 aliphatic heterocycles. The summed E-state index contributed by atoms with van der Waals surface area (Å²) < 4.78 is 3.59. The summed E-state index contributed by atoms with van der Waals surface area (Å²) in [6.07, 6.45) is 11.5. The number of nitrogens with one attached hydrogen (secondary N) is 2. The highest BCUT2D eigenvalue weighted by Gasteiger charge is 2.33. The SMILES string of the molecule is Cn1cc(-c2ccc3c(c2)CCCN3C(=O)[C@@H](NCCc2ccc(C#N)cc2)c2ccc(-c3cc(C#N)ccc3CCN[C@@H](C(=O)N3CCc4cc(-c5cnn(C)c5)ccc43)c3ccccc3)cc2)cn1. The van der Waals surface area contributed by atoms with Crippen LogP contribution in [0.15, 0.2) is 158 Å². The normalized spacial score (nSPS) is 13.7. The van der Waals surface area contributed by atoms with Gasteiger partial charge in [0.1, 0.15) is 12.1 Å². The second kappa shape index (κ2) is 20.7. The number of aryl methyl sites for hydroxylation is 3. The topological polar surface area (TPSA) is 148 Å². The van der Waals surface area contributed by atoms with E-state index in [-0.39, 0.29) is 11.8 Å². The Morgan fingerprint density at radius 1 is 0.577 bits per heavy atom. The van der Waals surface area contributed by atoms with Crippen molar-refractivity contribution in [2.75, 3.05) is 36.0 Å². The molecule has 10 rings (SSSR count). The summed E-state index contributed by atoms with van der Waals surface area (Å²) in [7, 11) is 3.82. The third kappa shape index (κ3) is 10.0. The van der Waals surface area contributed by atoms with Gasteiger partial charge >= 0.3 is 0 Å². The fraction of sp³-hybridized carbons (Fsp3) is 0.220. The number of aromatic nitrogens is 4. The largest absolute Gasteiger partial charge is 0.310 e. The summed E-state index contributed by atoms with van der Waals surface area (Å²) in [5.74, 6) is -0.0304. The summed E-state index contributed by atoms with van der Waals surface area (Å²) in [6.45, 7) is 2.25. The van der Waals surface area contributed by atoms with Crippen LogP contribution in [0, 0.1) is 22.7 Å². The van der Waals surface area contributed by atoms with Gasteiger partial charge in [0.2, 0.25) is 11.8 Å². The number of nitriles is 2. The number of hydrogen-bond donors (Lipinski definition) is 2. The van der Waals surface area contributed by atoms with Gasteiger partial charge in [0, 0.05) is 75.2 Å². The molecule has 2 amide bonds. The van der Waals surface area contributed by atoms with Crippen molar-refractivity contribution < 1.29 is 9.59 Å². The standard InChI is InChI=1S/C59H54N10O2/c1-66-38-51(36-64-66)47-20-22-54-49(32-47)9-6-29-68(54)58(70)57(62-27-24-40-10-12-41(34-60)13-11-40)46-18-16-43(17-19-46)53-31-42(35-61)14-15-44(53)25-28-63-56(45-7-4-3-5-8-45)59(71)69-30-26-50-33-48(21-23-55(50)69)52-37-65-67(2)39-52/h3-5,7-8,10-23,31-33,36-39,56-57,62-63H,6,9,24-30H2,1-2H3/t56-,57+/m1/s1. The molecule has 0 saturated carbocycles. The first-order valence-electron chi connectivity index (χ1n) is 24.2. The Kier molecular flexibility index (Phi) is 13.5. The van der Waals surface area contributed by atoms with Crippen LogP contribution in [0.5, 0.6) is 0 Å². The Bertz CT molecular complexity index is 3310. The Morgan fingerprint density at radius 3 is 1.72 bits per heavy atom. The molecule has 0 unspecified atom stereocenters. The minimum atomic E-state index is -0.640. The quantitative estimate of drug-likeness (QED) is 0.103. The van der Waals surface area contributed by atoms with Gasteiger partial charge in [-0.3, -0.25) is 19.0 Å². The number of hydrogen-bond acceptors (Lipinski definition) is 8. The number of fused-ring (bicyclic) bond motifs is 2. The lowest BCUT2D eigenvalue weighted by Crippen LogP contribution is -2.44. The molecule has 71 heavy (non-hydrogen) atoms. The predicted octanol–water partition coefficient (Wildman–Crippen LogP) is 9.21. The van der Waals surface area contributed by atoms with Crippen LogP contribution in [0.4, 0.5) is 11.4 Å². The predicted molar refractivity (Wildman–Crippen MR) is 277 cm³/mol. The number of nitrogens with zero attached hydrogens (tertiary/aromatic N) is 8. The maximum Gasteiger partial charge on any atom is 0.248 e. The maximum atomic E-state index is 14.9. The van der Waals surface area contributed by atoms with Crippen LogP contribution in [-0.2, 0) is 49.4 Å². The maximum absolute atomic E-state index is 14.9. The number of amides is 2. The number of benzene rings is 6. The molecule has 4 heterocycles. The summed E-state index contributed by atoms with van der Waals surface area (Å²) in [5.41, 5.74) is 15.2. The molecular formula is C59H54N10O2. The van der Waals surface area contributed by atoms with E-state index in [1.165, 1.54) is 0 Å². The van der Waals surface area contributed by atoms with Crippen molar-refractivity contribution in [1.29, 1.82) is 10.5 Å². The van der Waals surface area contributed by atoms with Gasteiger partial charge in [-0.05, 0) is 136 Å². The zero-order chi connectivity index (χ0) is 48.8. The van der Waals surface area contributed by atoms with Crippen LogP contribution in [-0.4, -0.2) is 57.6 Å². The molecule has 8 aromatic rings. The highest BCUT2D eigenvalue weighted by atomic mass is 16.2. The molecule has 12 heteroatoms. The molecule has 0 bridgehead atoms. The first kappa shape index (κ1) is 46.3. The second-order valence-electron chi connectivity index (χ2n) is 18.4. The first-order valence-corrected chi connectivity index (χ1v) is 24.2. The fourth-order valence-corrected chi connectivity index (χ4v) is 10.1.